The Hall–Kier alpha value is -1.15. The van der Waals surface area contributed by atoms with Gasteiger partial charge in [-0.15, -0.1) is 12.4 Å². The Morgan fingerprint density at radius 3 is 3.00 bits per heavy atom. The molecule has 1 spiro atoms. The van der Waals surface area contributed by atoms with Gasteiger partial charge >= 0.3 is 0 Å². The third-order valence-electron chi connectivity index (χ3n) is 5.26. The van der Waals surface area contributed by atoms with E-state index in [1.54, 1.807) is 6.07 Å². The van der Waals surface area contributed by atoms with Crippen LogP contribution in [0.4, 0.5) is 0 Å². The monoisotopic (exact) mass is 370 g/mol. The Morgan fingerprint density at radius 1 is 1.40 bits per heavy atom. The number of ether oxygens (including phenoxy) is 2. The highest BCUT2D eigenvalue weighted by Crippen LogP contribution is 2.38. The van der Waals surface area contributed by atoms with Gasteiger partial charge in [-0.3, -0.25) is 9.48 Å². The van der Waals surface area contributed by atoms with Crippen LogP contribution in [0.25, 0.3) is 0 Å². The highest BCUT2D eigenvalue weighted by Gasteiger charge is 2.43. The highest BCUT2D eigenvalue weighted by atomic mass is 35.5. The van der Waals surface area contributed by atoms with Gasteiger partial charge in [0.25, 0.3) is 5.91 Å². The first-order valence-electron chi connectivity index (χ1n) is 9.10. The van der Waals surface area contributed by atoms with Gasteiger partial charge < -0.3 is 20.1 Å². The predicted octanol–water partition coefficient (Wildman–Crippen LogP) is 1.64. The van der Waals surface area contributed by atoms with Crippen LogP contribution in [0.15, 0.2) is 12.3 Å². The molecule has 3 aliphatic rings. The zero-order valence-electron chi connectivity index (χ0n) is 14.4. The second-order valence-corrected chi connectivity index (χ2v) is 7.06. The van der Waals surface area contributed by atoms with Crippen LogP contribution in [0.1, 0.15) is 55.1 Å². The summed E-state index contributed by atoms with van der Waals surface area (Å²) in [7, 11) is 0. The minimum absolute atomic E-state index is 0. The van der Waals surface area contributed by atoms with Crippen molar-refractivity contribution in [3.05, 3.63) is 18.0 Å². The molecule has 3 fully saturated rings. The number of rotatable bonds is 4. The molecular formula is C17H27ClN4O3. The zero-order valence-corrected chi connectivity index (χ0v) is 15.2. The summed E-state index contributed by atoms with van der Waals surface area (Å²) in [6, 6.07) is 2.13. The van der Waals surface area contributed by atoms with Crippen LogP contribution in [0.5, 0.6) is 0 Å². The third-order valence-corrected chi connectivity index (χ3v) is 5.26. The summed E-state index contributed by atoms with van der Waals surface area (Å²) in [5, 5.41) is 10.7. The van der Waals surface area contributed by atoms with Gasteiger partial charge in [-0.1, -0.05) is 0 Å². The van der Waals surface area contributed by atoms with Crippen LogP contribution >= 0.6 is 12.4 Å². The zero-order chi connectivity index (χ0) is 16.4. The number of amides is 1. The number of halogens is 1. The summed E-state index contributed by atoms with van der Waals surface area (Å²) >= 11 is 0. The van der Waals surface area contributed by atoms with Crippen LogP contribution in [0.3, 0.4) is 0 Å². The van der Waals surface area contributed by atoms with Gasteiger partial charge in [0.1, 0.15) is 11.8 Å². The normalized spacial score (nSPS) is 28.0. The maximum atomic E-state index is 12.3. The van der Waals surface area contributed by atoms with Crippen LogP contribution < -0.4 is 10.6 Å². The van der Waals surface area contributed by atoms with Crippen LogP contribution in [0, 0.1) is 0 Å². The van der Waals surface area contributed by atoms with Crippen molar-refractivity contribution in [2.24, 2.45) is 0 Å². The molecule has 2 N–H and O–H groups in total. The number of nitrogens with one attached hydrogen (secondary N) is 2. The van der Waals surface area contributed by atoms with Crippen molar-refractivity contribution in [1.29, 1.82) is 0 Å². The molecule has 0 bridgehead atoms. The minimum atomic E-state index is -0.370. The smallest absolute Gasteiger partial charge is 0.271 e. The summed E-state index contributed by atoms with van der Waals surface area (Å²) in [6.07, 6.45) is 8.34. The fourth-order valence-electron chi connectivity index (χ4n) is 3.91. The van der Waals surface area contributed by atoms with E-state index in [-0.39, 0.29) is 30.2 Å². The van der Waals surface area contributed by atoms with Crippen molar-refractivity contribution in [2.75, 3.05) is 26.2 Å². The van der Waals surface area contributed by atoms with E-state index in [1.807, 2.05) is 10.9 Å². The molecule has 0 radical (unpaired) electrons. The minimum Gasteiger partial charge on any atom is -0.348 e. The molecule has 2 atom stereocenters. The predicted molar refractivity (Wildman–Crippen MR) is 95.0 cm³/mol. The summed E-state index contributed by atoms with van der Waals surface area (Å²) in [5.74, 6) is -0.515. The van der Waals surface area contributed by atoms with Gasteiger partial charge in [0, 0.05) is 32.1 Å². The first-order chi connectivity index (χ1) is 11.7. The summed E-state index contributed by atoms with van der Waals surface area (Å²) in [4.78, 5) is 12.3. The fraction of sp³-hybridized carbons (Fsp3) is 0.765. The standard InChI is InChI=1S/C17H26N4O3.ClH/c22-16(15-5-9-21(20-15)13-4-3-8-18-10-13)19-11-14-12-23-17(24-14)6-1-2-7-17;/h5,9,13-14,18H,1-4,6-8,10-12H2,(H,19,22);1H. The molecule has 25 heavy (non-hydrogen) atoms. The van der Waals surface area contributed by atoms with E-state index in [4.69, 9.17) is 9.47 Å². The lowest BCUT2D eigenvalue weighted by Crippen LogP contribution is -2.35. The number of carbonyl (C=O) groups excluding carboxylic acids is 1. The van der Waals surface area contributed by atoms with E-state index in [0.29, 0.717) is 24.9 Å². The van der Waals surface area contributed by atoms with Crippen molar-refractivity contribution in [3.63, 3.8) is 0 Å². The molecule has 1 saturated carbocycles. The van der Waals surface area contributed by atoms with Crippen molar-refractivity contribution >= 4 is 18.3 Å². The van der Waals surface area contributed by atoms with Gasteiger partial charge in [0.05, 0.1) is 12.6 Å². The number of aromatic nitrogens is 2. The van der Waals surface area contributed by atoms with Gasteiger partial charge in [0.15, 0.2) is 5.79 Å². The Balaban J connectivity index is 0.00000182. The maximum Gasteiger partial charge on any atom is 0.271 e. The largest absolute Gasteiger partial charge is 0.348 e. The molecule has 3 heterocycles. The number of piperidine rings is 1. The molecule has 8 heteroatoms. The van der Waals surface area contributed by atoms with Crippen LogP contribution in [0.2, 0.25) is 0 Å². The lowest BCUT2D eigenvalue weighted by atomic mass is 10.1. The molecule has 4 rings (SSSR count). The Labute approximate surface area is 154 Å². The quantitative estimate of drug-likeness (QED) is 0.842. The second kappa shape index (κ2) is 8.03. The van der Waals surface area contributed by atoms with E-state index >= 15 is 0 Å². The Bertz CT molecular complexity index is 582. The molecular weight excluding hydrogens is 344 g/mol. The van der Waals surface area contributed by atoms with Crippen LogP contribution in [-0.2, 0) is 9.47 Å². The molecule has 1 aromatic heterocycles. The van der Waals surface area contributed by atoms with E-state index in [9.17, 15) is 4.79 Å². The van der Waals surface area contributed by atoms with E-state index < -0.39 is 0 Å². The molecule has 1 amide bonds. The average Bonchev–Trinajstić information content (AvgIpc) is 3.36. The third kappa shape index (κ3) is 4.16. The van der Waals surface area contributed by atoms with Gasteiger partial charge in [-0.25, -0.2) is 0 Å². The number of carbonyl (C=O) groups is 1. The van der Waals surface area contributed by atoms with Gasteiger partial charge in [-0.2, -0.15) is 5.10 Å². The lowest BCUT2D eigenvalue weighted by Gasteiger charge is -2.23. The maximum absolute atomic E-state index is 12.3. The highest BCUT2D eigenvalue weighted by molar-refractivity contribution is 5.92. The first-order valence-corrected chi connectivity index (χ1v) is 9.10. The van der Waals surface area contributed by atoms with E-state index in [1.165, 1.54) is 0 Å². The fourth-order valence-corrected chi connectivity index (χ4v) is 3.91. The Morgan fingerprint density at radius 2 is 2.24 bits per heavy atom. The van der Waals surface area contributed by atoms with Crippen molar-refractivity contribution in [3.8, 4) is 0 Å². The molecule has 1 aromatic rings. The summed E-state index contributed by atoms with van der Waals surface area (Å²) < 4.78 is 13.8. The average molecular weight is 371 g/mol. The van der Waals surface area contributed by atoms with E-state index in [0.717, 1.165) is 51.6 Å². The molecule has 0 aromatic carbocycles. The van der Waals surface area contributed by atoms with Crippen molar-refractivity contribution in [1.82, 2.24) is 20.4 Å². The molecule has 2 unspecified atom stereocenters. The molecule has 7 nitrogen and oxygen atoms in total. The number of hydrogen-bond acceptors (Lipinski definition) is 5. The van der Waals surface area contributed by atoms with E-state index in [2.05, 4.69) is 15.7 Å². The summed E-state index contributed by atoms with van der Waals surface area (Å²) in [5.41, 5.74) is 0.468. The van der Waals surface area contributed by atoms with Gasteiger partial charge in [-0.05, 0) is 38.3 Å². The SMILES string of the molecule is Cl.O=C(NCC1COC2(CCCC2)O1)c1ccn(C2CCCNC2)n1. The lowest BCUT2D eigenvalue weighted by molar-refractivity contribution is -0.161. The number of nitrogens with zero attached hydrogens (tertiary/aromatic N) is 2. The molecule has 2 saturated heterocycles. The van der Waals surface area contributed by atoms with Crippen LogP contribution in [-0.4, -0.2) is 53.8 Å². The first kappa shape index (κ1) is 18.6. The van der Waals surface area contributed by atoms with Crippen molar-refractivity contribution in [2.45, 2.75) is 56.5 Å². The topological polar surface area (TPSA) is 77.4 Å². The summed E-state index contributed by atoms with van der Waals surface area (Å²) in [6.45, 7) is 3.01. The molecule has 1 aliphatic carbocycles. The molecule has 2 aliphatic heterocycles. The molecule has 140 valence electrons. The van der Waals surface area contributed by atoms with Crippen molar-refractivity contribution < 1.29 is 14.3 Å². The second-order valence-electron chi connectivity index (χ2n) is 7.06. The number of hydrogen-bond donors (Lipinski definition) is 2. The van der Waals surface area contributed by atoms with Gasteiger partial charge in [0.2, 0.25) is 0 Å². The Kier molecular flexibility index (Phi) is 5.99.